The molecule has 0 radical (unpaired) electrons. The highest BCUT2D eigenvalue weighted by Crippen LogP contribution is 2.21. The number of hydrogen-bond donors (Lipinski definition) is 1. The van der Waals surface area contributed by atoms with Gasteiger partial charge in [-0.1, -0.05) is 57.5 Å². The van der Waals surface area contributed by atoms with Crippen molar-refractivity contribution < 1.29 is 0 Å². The van der Waals surface area contributed by atoms with Crippen LogP contribution < -0.4 is 5.32 Å². The molecule has 84 valence electrons. The third-order valence-electron chi connectivity index (χ3n) is 2.99. The van der Waals surface area contributed by atoms with E-state index in [4.69, 9.17) is 0 Å². The molecule has 2 unspecified atom stereocenters. The Labute approximate surface area is 93.9 Å². The van der Waals surface area contributed by atoms with E-state index in [2.05, 4.69) is 56.4 Å². The molecule has 0 fully saturated rings. The molecule has 0 heterocycles. The van der Waals surface area contributed by atoms with E-state index in [0.717, 1.165) is 6.54 Å². The van der Waals surface area contributed by atoms with Gasteiger partial charge in [-0.25, -0.2) is 0 Å². The van der Waals surface area contributed by atoms with Gasteiger partial charge in [0.25, 0.3) is 0 Å². The SMILES string of the molecule is CCCC(NCC)C(C)c1ccccc1. The van der Waals surface area contributed by atoms with Gasteiger partial charge in [-0.05, 0) is 24.4 Å². The Morgan fingerprint density at radius 2 is 1.80 bits per heavy atom. The van der Waals surface area contributed by atoms with Crippen LogP contribution in [0.3, 0.4) is 0 Å². The van der Waals surface area contributed by atoms with E-state index in [9.17, 15) is 0 Å². The first-order valence-corrected chi connectivity index (χ1v) is 6.07. The molecule has 1 nitrogen and oxygen atoms in total. The van der Waals surface area contributed by atoms with Crippen LogP contribution in [-0.4, -0.2) is 12.6 Å². The summed E-state index contributed by atoms with van der Waals surface area (Å²) in [5, 5.41) is 3.58. The Bertz CT molecular complexity index is 249. The van der Waals surface area contributed by atoms with Gasteiger partial charge in [0.05, 0.1) is 0 Å². The third kappa shape index (κ3) is 3.67. The van der Waals surface area contributed by atoms with Crippen molar-refractivity contribution in [3.05, 3.63) is 35.9 Å². The van der Waals surface area contributed by atoms with Crippen LogP contribution in [0.15, 0.2) is 30.3 Å². The second kappa shape index (κ2) is 6.62. The zero-order valence-electron chi connectivity index (χ0n) is 10.2. The first-order valence-electron chi connectivity index (χ1n) is 6.07. The first kappa shape index (κ1) is 12.3. The van der Waals surface area contributed by atoms with Crippen molar-refractivity contribution in [2.24, 2.45) is 0 Å². The summed E-state index contributed by atoms with van der Waals surface area (Å²) >= 11 is 0. The van der Waals surface area contributed by atoms with Gasteiger partial charge in [0.2, 0.25) is 0 Å². The van der Waals surface area contributed by atoms with Crippen LogP contribution >= 0.6 is 0 Å². The highest BCUT2D eigenvalue weighted by atomic mass is 14.9. The molecule has 0 saturated heterocycles. The fourth-order valence-corrected chi connectivity index (χ4v) is 2.09. The van der Waals surface area contributed by atoms with Crippen molar-refractivity contribution in [3.8, 4) is 0 Å². The van der Waals surface area contributed by atoms with Gasteiger partial charge < -0.3 is 5.32 Å². The maximum Gasteiger partial charge on any atom is 0.0133 e. The maximum absolute atomic E-state index is 3.58. The van der Waals surface area contributed by atoms with Crippen LogP contribution in [0.1, 0.15) is 45.1 Å². The Balaban J connectivity index is 2.67. The Morgan fingerprint density at radius 1 is 1.13 bits per heavy atom. The van der Waals surface area contributed by atoms with Gasteiger partial charge >= 0.3 is 0 Å². The standard InChI is InChI=1S/C14H23N/c1-4-9-14(15-5-2)12(3)13-10-7-6-8-11-13/h6-8,10-12,14-15H,4-5,9H2,1-3H3. The molecule has 0 bridgehead atoms. The predicted octanol–water partition coefficient (Wildman–Crippen LogP) is 3.57. The summed E-state index contributed by atoms with van der Waals surface area (Å²) in [6, 6.07) is 11.4. The molecule has 15 heavy (non-hydrogen) atoms. The molecule has 1 aromatic rings. The molecule has 0 aliphatic rings. The van der Waals surface area contributed by atoms with Gasteiger partial charge in [-0.15, -0.1) is 0 Å². The lowest BCUT2D eigenvalue weighted by Crippen LogP contribution is -2.33. The van der Waals surface area contributed by atoms with Gasteiger partial charge in [0, 0.05) is 6.04 Å². The minimum Gasteiger partial charge on any atom is -0.314 e. The van der Waals surface area contributed by atoms with E-state index in [1.807, 2.05) is 0 Å². The molecule has 0 spiro atoms. The molecule has 1 heteroatoms. The number of nitrogens with one attached hydrogen (secondary N) is 1. The summed E-state index contributed by atoms with van der Waals surface area (Å²) in [6.07, 6.45) is 2.50. The van der Waals surface area contributed by atoms with E-state index in [-0.39, 0.29) is 0 Å². The van der Waals surface area contributed by atoms with Crippen molar-refractivity contribution in [2.45, 2.75) is 45.6 Å². The van der Waals surface area contributed by atoms with Crippen molar-refractivity contribution in [1.82, 2.24) is 5.32 Å². The van der Waals surface area contributed by atoms with Crippen LogP contribution in [0.4, 0.5) is 0 Å². The quantitative estimate of drug-likeness (QED) is 0.748. The van der Waals surface area contributed by atoms with E-state index < -0.39 is 0 Å². The van der Waals surface area contributed by atoms with Gasteiger partial charge in [0.15, 0.2) is 0 Å². The van der Waals surface area contributed by atoms with Crippen LogP contribution in [-0.2, 0) is 0 Å². The fraction of sp³-hybridized carbons (Fsp3) is 0.571. The van der Waals surface area contributed by atoms with E-state index >= 15 is 0 Å². The first-order chi connectivity index (χ1) is 7.29. The van der Waals surface area contributed by atoms with Crippen LogP contribution in [0.5, 0.6) is 0 Å². The molecule has 0 aromatic heterocycles. The van der Waals surface area contributed by atoms with E-state index in [0.29, 0.717) is 12.0 Å². The number of hydrogen-bond acceptors (Lipinski definition) is 1. The van der Waals surface area contributed by atoms with Gasteiger partial charge in [-0.3, -0.25) is 0 Å². The lowest BCUT2D eigenvalue weighted by Gasteiger charge is -2.24. The second-order valence-corrected chi connectivity index (χ2v) is 4.15. The van der Waals surface area contributed by atoms with E-state index in [1.165, 1.54) is 18.4 Å². The lowest BCUT2D eigenvalue weighted by molar-refractivity contribution is 0.430. The van der Waals surface area contributed by atoms with Crippen molar-refractivity contribution in [3.63, 3.8) is 0 Å². The minimum atomic E-state index is 0.603. The fourth-order valence-electron chi connectivity index (χ4n) is 2.09. The average molecular weight is 205 g/mol. The maximum atomic E-state index is 3.58. The van der Waals surface area contributed by atoms with Crippen molar-refractivity contribution in [2.75, 3.05) is 6.54 Å². The molecular formula is C14H23N. The summed E-state index contributed by atoms with van der Waals surface area (Å²) in [7, 11) is 0. The highest BCUT2D eigenvalue weighted by molar-refractivity contribution is 5.20. The molecule has 0 aliphatic carbocycles. The molecule has 0 aliphatic heterocycles. The Hall–Kier alpha value is -0.820. The highest BCUT2D eigenvalue weighted by Gasteiger charge is 2.16. The number of likely N-dealkylation sites (N-methyl/N-ethyl adjacent to an activating group) is 1. The summed E-state index contributed by atoms with van der Waals surface area (Å²) in [6.45, 7) is 7.81. The monoisotopic (exact) mass is 205 g/mol. The zero-order valence-corrected chi connectivity index (χ0v) is 10.2. The van der Waals surface area contributed by atoms with Gasteiger partial charge in [-0.2, -0.15) is 0 Å². The molecule has 1 rings (SSSR count). The molecule has 0 amide bonds. The summed E-state index contributed by atoms with van der Waals surface area (Å²) in [5.74, 6) is 0.603. The molecule has 1 aromatic carbocycles. The van der Waals surface area contributed by atoms with Crippen LogP contribution in [0.25, 0.3) is 0 Å². The largest absolute Gasteiger partial charge is 0.314 e. The average Bonchev–Trinajstić information content (AvgIpc) is 2.29. The summed E-state index contributed by atoms with van der Waals surface area (Å²) in [4.78, 5) is 0. The van der Waals surface area contributed by atoms with E-state index in [1.54, 1.807) is 0 Å². The predicted molar refractivity (Wildman–Crippen MR) is 67.2 cm³/mol. The number of rotatable bonds is 6. The molecular weight excluding hydrogens is 182 g/mol. The third-order valence-corrected chi connectivity index (χ3v) is 2.99. The number of benzene rings is 1. The molecule has 1 N–H and O–H groups in total. The Kier molecular flexibility index (Phi) is 5.41. The molecule has 0 saturated carbocycles. The topological polar surface area (TPSA) is 12.0 Å². The lowest BCUT2D eigenvalue weighted by atomic mass is 9.90. The second-order valence-electron chi connectivity index (χ2n) is 4.15. The normalized spacial score (nSPS) is 14.9. The smallest absolute Gasteiger partial charge is 0.0133 e. The summed E-state index contributed by atoms with van der Waals surface area (Å²) < 4.78 is 0. The zero-order chi connectivity index (χ0) is 11.1. The van der Waals surface area contributed by atoms with Crippen LogP contribution in [0.2, 0.25) is 0 Å². The minimum absolute atomic E-state index is 0.603. The van der Waals surface area contributed by atoms with Gasteiger partial charge in [0.1, 0.15) is 0 Å². The Morgan fingerprint density at radius 3 is 2.33 bits per heavy atom. The molecule has 2 atom stereocenters. The van der Waals surface area contributed by atoms with Crippen LogP contribution in [0, 0.1) is 0 Å². The summed E-state index contributed by atoms with van der Waals surface area (Å²) in [5.41, 5.74) is 1.44. The van der Waals surface area contributed by atoms with Crippen molar-refractivity contribution in [1.29, 1.82) is 0 Å². The van der Waals surface area contributed by atoms with Crippen molar-refractivity contribution >= 4 is 0 Å².